The summed E-state index contributed by atoms with van der Waals surface area (Å²) in [6.45, 7) is 1.88. The molecular formula is C14H22O5. The minimum Gasteiger partial charge on any atom is -0.481 e. The fourth-order valence-electron chi connectivity index (χ4n) is 3.25. The van der Waals surface area contributed by atoms with E-state index >= 15 is 0 Å². The average Bonchev–Trinajstić information content (AvgIpc) is 2.97. The number of esters is 1. The van der Waals surface area contributed by atoms with Crippen LogP contribution in [-0.2, 0) is 19.1 Å². The molecule has 1 aliphatic heterocycles. The van der Waals surface area contributed by atoms with Crippen LogP contribution in [-0.4, -0.2) is 35.4 Å². The van der Waals surface area contributed by atoms with Crippen molar-refractivity contribution < 1.29 is 24.2 Å². The summed E-state index contributed by atoms with van der Waals surface area (Å²) in [5.41, 5.74) is -0.0254. The predicted octanol–water partition coefficient (Wildman–Crippen LogP) is 2.13. The maximum absolute atomic E-state index is 11.6. The molecule has 0 aromatic heterocycles. The lowest BCUT2D eigenvalue weighted by Crippen LogP contribution is -2.31. The van der Waals surface area contributed by atoms with E-state index in [1.165, 1.54) is 12.8 Å². The second kappa shape index (κ2) is 5.90. The number of ether oxygens (including phenoxy) is 2. The van der Waals surface area contributed by atoms with Gasteiger partial charge in [0.25, 0.3) is 0 Å². The van der Waals surface area contributed by atoms with Crippen LogP contribution in [0, 0.1) is 5.92 Å². The van der Waals surface area contributed by atoms with E-state index in [1.54, 1.807) is 6.92 Å². The third-order valence-corrected chi connectivity index (χ3v) is 4.22. The fraction of sp³-hybridized carbons (Fsp3) is 0.857. The Morgan fingerprint density at radius 3 is 2.63 bits per heavy atom. The van der Waals surface area contributed by atoms with E-state index in [-0.39, 0.29) is 24.7 Å². The molecule has 0 aromatic carbocycles. The first-order chi connectivity index (χ1) is 9.06. The molecule has 1 saturated carbocycles. The molecule has 2 rings (SSSR count). The molecule has 1 heterocycles. The number of carbonyl (C=O) groups is 2. The molecule has 2 unspecified atom stereocenters. The third-order valence-electron chi connectivity index (χ3n) is 4.22. The maximum Gasteiger partial charge on any atom is 0.320 e. The molecule has 2 atom stereocenters. The van der Waals surface area contributed by atoms with Crippen molar-refractivity contribution in [2.24, 2.45) is 5.92 Å². The van der Waals surface area contributed by atoms with Crippen LogP contribution in [0.1, 0.15) is 51.9 Å². The van der Waals surface area contributed by atoms with Gasteiger partial charge in [0.1, 0.15) is 0 Å². The van der Waals surface area contributed by atoms with Gasteiger partial charge in [0.2, 0.25) is 0 Å². The van der Waals surface area contributed by atoms with Gasteiger partial charge in [-0.3, -0.25) is 9.59 Å². The largest absolute Gasteiger partial charge is 0.481 e. The summed E-state index contributed by atoms with van der Waals surface area (Å²) in [7, 11) is 0. The molecule has 5 nitrogen and oxygen atoms in total. The van der Waals surface area contributed by atoms with E-state index in [0.29, 0.717) is 0 Å². The minimum absolute atomic E-state index is 0.0254. The van der Waals surface area contributed by atoms with Crippen molar-refractivity contribution in [2.75, 3.05) is 6.61 Å². The van der Waals surface area contributed by atoms with Gasteiger partial charge in [-0.1, -0.05) is 12.8 Å². The number of carbonyl (C=O) groups excluding carboxylic acids is 1. The van der Waals surface area contributed by atoms with Crippen LogP contribution < -0.4 is 0 Å². The summed E-state index contributed by atoms with van der Waals surface area (Å²) < 4.78 is 10.9. The van der Waals surface area contributed by atoms with Gasteiger partial charge in [0.15, 0.2) is 5.92 Å². The molecule has 19 heavy (non-hydrogen) atoms. The number of aliphatic carboxylic acids is 1. The second-order valence-corrected chi connectivity index (χ2v) is 5.55. The Kier molecular flexibility index (Phi) is 4.45. The normalized spacial score (nSPS) is 26.5. The number of hydrogen-bond acceptors (Lipinski definition) is 4. The van der Waals surface area contributed by atoms with Gasteiger partial charge in [-0.15, -0.1) is 0 Å². The molecule has 0 aromatic rings. The first-order valence-electron chi connectivity index (χ1n) is 7.13. The lowest BCUT2D eigenvalue weighted by molar-refractivity contribution is -0.161. The molecule has 1 saturated heterocycles. The van der Waals surface area contributed by atoms with Crippen molar-refractivity contribution in [3.8, 4) is 0 Å². The highest BCUT2D eigenvalue weighted by molar-refractivity contribution is 5.93. The van der Waals surface area contributed by atoms with Crippen molar-refractivity contribution in [1.29, 1.82) is 0 Å². The Morgan fingerprint density at radius 2 is 2.05 bits per heavy atom. The second-order valence-electron chi connectivity index (χ2n) is 5.55. The first kappa shape index (κ1) is 14.3. The Balaban J connectivity index is 1.91. The van der Waals surface area contributed by atoms with E-state index in [9.17, 15) is 9.59 Å². The topological polar surface area (TPSA) is 72.8 Å². The Morgan fingerprint density at radius 1 is 1.37 bits per heavy atom. The van der Waals surface area contributed by atoms with Gasteiger partial charge >= 0.3 is 11.9 Å². The van der Waals surface area contributed by atoms with Gasteiger partial charge in [0.05, 0.1) is 18.3 Å². The number of rotatable bonds is 5. The van der Waals surface area contributed by atoms with Gasteiger partial charge in [-0.2, -0.15) is 0 Å². The van der Waals surface area contributed by atoms with Crippen LogP contribution in [0.3, 0.4) is 0 Å². The van der Waals surface area contributed by atoms with Crippen LogP contribution in [0.4, 0.5) is 0 Å². The zero-order valence-corrected chi connectivity index (χ0v) is 11.4. The van der Waals surface area contributed by atoms with E-state index in [0.717, 1.165) is 25.7 Å². The van der Waals surface area contributed by atoms with Crippen molar-refractivity contribution in [1.82, 2.24) is 0 Å². The smallest absolute Gasteiger partial charge is 0.320 e. The van der Waals surface area contributed by atoms with Crippen LogP contribution in [0.2, 0.25) is 0 Å². The molecular weight excluding hydrogens is 248 g/mol. The Bertz CT molecular complexity index is 346. The molecule has 2 fully saturated rings. The van der Waals surface area contributed by atoms with E-state index < -0.39 is 17.9 Å². The quantitative estimate of drug-likeness (QED) is 0.612. The summed E-state index contributed by atoms with van der Waals surface area (Å²) in [5.74, 6) is -2.86. The highest BCUT2D eigenvalue weighted by atomic mass is 16.5. The summed E-state index contributed by atoms with van der Waals surface area (Å²) in [6.07, 6.45) is 6.47. The molecule has 1 aliphatic carbocycles. The summed E-state index contributed by atoms with van der Waals surface area (Å²) in [5, 5.41) is 9.13. The summed E-state index contributed by atoms with van der Waals surface area (Å²) >= 11 is 0. The maximum atomic E-state index is 11.6. The van der Waals surface area contributed by atoms with E-state index in [2.05, 4.69) is 0 Å². The van der Waals surface area contributed by atoms with Crippen molar-refractivity contribution in [3.63, 3.8) is 0 Å². The third kappa shape index (κ3) is 3.26. The van der Waals surface area contributed by atoms with Gasteiger partial charge in [-0.05, 0) is 39.0 Å². The highest BCUT2D eigenvalue weighted by Gasteiger charge is 2.44. The Hall–Kier alpha value is -1.10. The van der Waals surface area contributed by atoms with Crippen molar-refractivity contribution in [2.45, 2.75) is 63.6 Å². The first-order valence-corrected chi connectivity index (χ1v) is 7.13. The molecule has 0 amide bonds. The zero-order chi connectivity index (χ0) is 13.9. The summed E-state index contributed by atoms with van der Waals surface area (Å²) in [4.78, 5) is 22.8. The highest BCUT2D eigenvalue weighted by Crippen LogP contribution is 2.44. The molecule has 5 heteroatoms. The van der Waals surface area contributed by atoms with Crippen LogP contribution in [0.5, 0.6) is 0 Å². The van der Waals surface area contributed by atoms with Crippen LogP contribution in [0.25, 0.3) is 0 Å². The van der Waals surface area contributed by atoms with Gasteiger partial charge in [-0.25, -0.2) is 0 Å². The number of hydrogen-bond donors (Lipinski definition) is 1. The predicted molar refractivity (Wildman–Crippen MR) is 67.7 cm³/mol. The van der Waals surface area contributed by atoms with Gasteiger partial charge in [0, 0.05) is 0 Å². The monoisotopic (exact) mass is 270 g/mol. The average molecular weight is 270 g/mol. The van der Waals surface area contributed by atoms with Crippen molar-refractivity contribution in [3.05, 3.63) is 0 Å². The molecule has 2 aliphatic rings. The molecule has 0 bridgehead atoms. The fourth-order valence-corrected chi connectivity index (χ4v) is 3.25. The zero-order valence-electron chi connectivity index (χ0n) is 11.4. The van der Waals surface area contributed by atoms with Crippen LogP contribution in [0.15, 0.2) is 0 Å². The lowest BCUT2D eigenvalue weighted by atomic mass is 9.96. The molecule has 1 spiro atoms. The van der Waals surface area contributed by atoms with Crippen LogP contribution >= 0.6 is 0 Å². The van der Waals surface area contributed by atoms with Gasteiger partial charge < -0.3 is 14.6 Å². The molecule has 108 valence electrons. The Labute approximate surface area is 113 Å². The number of carboxylic acid groups (broad SMARTS) is 1. The number of carboxylic acids is 1. The molecule has 1 N–H and O–H groups in total. The van der Waals surface area contributed by atoms with E-state index in [4.69, 9.17) is 14.6 Å². The lowest BCUT2D eigenvalue weighted by Gasteiger charge is -2.24. The standard InChI is InChI=1S/C14H22O5/c1-2-18-13(17)11(12(15)16)9-10-5-8-14(19-10)6-3-4-7-14/h10-11H,2-9H2,1H3,(H,15,16). The van der Waals surface area contributed by atoms with Crippen molar-refractivity contribution >= 4 is 11.9 Å². The SMILES string of the molecule is CCOC(=O)C(CC1CCC2(CCCC2)O1)C(=O)O. The summed E-state index contributed by atoms with van der Waals surface area (Å²) in [6, 6.07) is 0. The van der Waals surface area contributed by atoms with E-state index in [1.807, 2.05) is 0 Å². The minimum atomic E-state index is -1.12. The molecule has 0 radical (unpaired) electrons.